The van der Waals surface area contributed by atoms with E-state index in [0.29, 0.717) is 29.3 Å². The standard InChI is InChI=1S/C19H28N2O3S/c1-11(2)10-21-12(3)20(7)16(22)15-14(18(23)24-8)13(25-17(15)21)9-19(4,5)6/h11H,3,9-10H2,1-2,4-8H3. The second kappa shape index (κ2) is 6.83. The Kier molecular flexibility index (Phi) is 5.33. The summed E-state index contributed by atoms with van der Waals surface area (Å²) in [7, 11) is 3.05. The second-order valence-electron chi connectivity index (χ2n) is 8.09. The van der Waals surface area contributed by atoms with Crippen molar-refractivity contribution in [3.8, 4) is 0 Å². The van der Waals surface area contributed by atoms with Crippen LogP contribution in [0.3, 0.4) is 0 Å². The molecular weight excluding hydrogens is 336 g/mol. The minimum absolute atomic E-state index is 0.00887. The molecule has 0 fully saturated rings. The lowest BCUT2D eigenvalue weighted by molar-refractivity contribution is 0.0592. The predicted molar refractivity (Wildman–Crippen MR) is 102 cm³/mol. The van der Waals surface area contributed by atoms with Gasteiger partial charge >= 0.3 is 5.97 Å². The number of methoxy groups -OCH3 is 1. The molecule has 1 aliphatic heterocycles. The fourth-order valence-corrected chi connectivity index (χ4v) is 4.52. The van der Waals surface area contributed by atoms with Crippen molar-refractivity contribution >= 4 is 28.2 Å². The number of amides is 1. The van der Waals surface area contributed by atoms with Gasteiger partial charge in [-0.15, -0.1) is 11.3 Å². The van der Waals surface area contributed by atoms with Crippen LogP contribution >= 0.6 is 11.3 Å². The van der Waals surface area contributed by atoms with Crippen LogP contribution in [-0.2, 0) is 11.2 Å². The van der Waals surface area contributed by atoms with Crippen molar-refractivity contribution in [2.45, 2.75) is 41.0 Å². The summed E-state index contributed by atoms with van der Waals surface area (Å²) < 4.78 is 5.00. The van der Waals surface area contributed by atoms with Crippen LogP contribution in [0.2, 0.25) is 0 Å². The third-order valence-corrected chi connectivity index (χ3v) is 5.27. The Bertz CT molecular complexity index is 713. The zero-order valence-corrected chi connectivity index (χ0v) is 17.0. The number of anilines is 1. The molecule has 1 amide bonds. The van der Waals surface area contributed by atoms with E-state index in [2.05, 4.69) is 41.2 Å². The number of hydrogen-bond donors (Lipinski definition) is 0. The first-order chi connectivity index (χ1) is 11.5. The lowest BCUT2D eigenvalue weighted by atomic mass is 9.89. The molecule has 0 N–H and O–H groups in total. The first-order valence-corrected chi connectivity index (χ1v) is 9.28. The molecule has 2 heterocycles. The summed E-state index contributed by atoms with van der Waals surface area (Å²) in [4.78, 5) is 29.9. The average molecular weight is 365 g/mol. The number of carbonyl (C=O) groups excluding carboxylic acids is 2. The van der Waals surface area contributed by atoms with E-state index in [-0.39, 0.29) is 11.3 Å². The Morgan fingerprint density at radius 1 is 1.32 bits per heavy atom. The lowest BCUT2D eigenvalue weighted by Gasteiger charge is -2.37. The zero-order chi connectivity index (χ0) is 19.1. The Labute approximate surface area is 154 Å². The highest BCUT2D eigenvalue weighted by atomic mass is 32.1. The third-order valence-electron chi connectivity index (χ3n) is 4.05. The molecule has 0 radical (unpaired) electrons. The van der Waals surface area contributed by atoms with Crippen molar-refractivity contribution in [1.82, 2.24) is 4.90 Å². The molecule has 0 aromatic carbocycles. The molecule has 1 aromatic rings. The number of thiophene rings is 1. The van der Waals surface area contributed by atoms with Gasteiger partial charge in [0.05, 0.1) is 18.2 Å². The lowest BCUT2D eigenvalue weighted by Crippen LogP contribution is -2.43. The van der Waals surface area contributed by atoms with Crippen molar-refractivity contribution in [2.75, 3.05) is 25.6 Å². The van der Waals surface area contributed by atoms with E-state index in [1.165, 1.54) is 23.3 Å². The van der Waals surface area contributed by atoms with Crippen LogP contribution in [0.5, 0.6) is 0 Å². The largest absolute Gasteiger partial charge is 0.465 e. The molecule has 25 heavy (non-hydrogen) atoms. The van der Waals surface area contributed by atoms with Gasteiger partial charge in [-0.1, -0.05) is 41.2 Å². The molecule has 0 aliphatic carbocycles. The van der Waals surface area contributed by atoms with Crippen LogP contribution < -0.4 is 4.90 Å². The SMILES string of the molecule is C=C1N(C)C(=O)c2c(sc(CC(C)(C)C)c2C(=O)OC)N1CC(C)C. The maximum absolute atomic E-state index is 12.9. The van der Waals surface area contributed by atoms with Crippen LogP contribution in [-0.4, -0.2) is 37.5 Å². The summed E-state index contributed by atoms with van der Waals surface area (Å²) >= 11 is 1.51. The van der Waals surface area contributed by atoms with Gasteiger partial charge in [0.2, 0.25) is 0 Å². The molecule has 0 spiro atoms. The molecule has 2 rings (SSSR count). The van der Waals surface area contributed by atoms with Gasteiger partial charge in [0.25, 0.3) is 5.91 Å². The van der Waals surface area contributed by atoms with E-state index < -0.39 is 5.97 Å². The van der Waals surface area contributed by atoms with Crippen LogP contribution in [0, 0.1) is 11.3 Å². The monoisotopic (exact) mass is 364 g/mol. The van der Waals surface area contributed by atoms with Gasteiger partial charge in [-0.05, 0) is 17.8 Å². The molecule has 0 unspecified atom stereocenters. The van der Waals surface area contributed by atoms with Crippen molar-refractivity contribution in [1.29, 1.82) is 0 Å². The molecule has 0 saturated heterocycles. The Morgan fingerprint density at radius 2 is 1.92 bits per heavy atom. The summed E-state index contributed by atoms with van der Waals surface area (Å²) in [6.45, 7) is 15.4. The Hall–Kier alpha value is -1.82. The highest BCUT2D eigenvalue weighted by molar-refractivity contribution is 7.17. The van der Waals surface area contributed by atoms with E-state index in [0.717, 1.165) is 16.4 Å². The number of fused-ring (bicyclic) bond motifs is 1. The normalized spacial score (nSPS) is 15.0. The average Bonchev–Trinajstić information content (AvgIpc) is 2.85. The van der Waals surface area contributed by atoms with Crippen LogP contribution in [0.4, 0.5) is 5.00 Å². The number of nitrogens with zero attached hydrogens (tertiary/aromatic N) is 2. The van der Waals surface area contributed by atoms with E-state index in [4.69, 9.17) is 4.74 Å². The highest BCUT2D eigenvalue weighted by Gasteiger charge is 2.39. The third kappa shape index (κ3) is 3.73. The first-order valence-electron chi connectivity index (χ1n) is 8.46. The first kappa shape index (κ1) is 19.5. The maximum Gasteiger partial charge on any atom is 0.339 e. The van der Waals surface area contributed by atoms with Gasteiger partial charge < -0.3 is 9.64 Å². The minimum atomic E-state index is -0.449. The molecule has 0 atom stereocenters. The topological polar surface area (TPSA) is 49.9 Å². The summed E-state index contributed by atoms with van der Waals surface area (Å²) in [6.07, 6.45) is 0.702. The molecule has 6 heteroatoms. The Balaban J connectivity index is 2.70. The zero-order valence-electron chi connectivity index (χ0n) is 16.2. The Morgan fingerprint density at radius 3 is 2.40 bits per heavy atom. The molecule has 138 valence electrons. The second-order valence-corrected chi connectivity index (χ2v) is 9.18. The van der Waals surface area contributed by atoms with Crippen LogP contribution in [0.15, 0.2) is 12.4 Å². The minimum Gasteiger partial charge on any atom is -0.465 e. The molecule has 1 aromatic heterocycles. The fourth-order valence-electron chi connectivity index (χ4n) is 2.91. The number of esters is 1. The van der Waals surface area contributed by atoms with E-state index in [1.54, 1.807) is 7.05 Å². The molecule has 5 nitrogen and oxygen atoms in total. The van der Waals surface area contributed by atoms with Crippen molar-refractivity contribution in [3.63, 3.8) is 0 Å². The summed E-state index contributed by atoms with van der Waals surface area (Å²) in [5.41, 5.74) is 0.854. The van der Waals surface area contributed by atoms with Gasteiger partial charge in [0.15, 0.2) is 0 Å². The molecule has 0 saturated carbocycles. The van der Waals surface area contributed by atoms with E-state index in [1.807, 2.05) is 4.90 Å². The summed E-state index contributed by atoms with van der Waals surface area (Å²) in [6, 6.07) is 0. The summed E-state index contributed by atoms with van der Waals surface area (Å²) in [5, 5.41) is 0.807. The quantitative estimate of drug-likeness (QED) is 0.754. The van der Waals surface area contributed by atoms with Crippen molar-refractivity contribution in [2.24, 2.45) is 11.3 Å². The molecular formula is C19H28N2O3S. The fraction of sp³-hybridized carbons (Fsp3) is 0.579. The van der Waals surface area contributed by atoms with Crippen molar-refractivity contribution in [3.05, 3.63) is 28.4 Å². The van der Waals surface area contributed by atoms with Crippen LogP contribution in [0.25, 0.3) is 0 Å². The summed E-state index contributed by atoms with van der Waals surface area (Å²) in [5.74, 6) is 0.388. The molecule has 0 bridgehead atoms. The van der Waals surface area contributed by atoms with Gasteiger partial charge in [0, 0.05) is 18.5 Å². The van der Waals surface area contributed by atoms with E-state index in [9.17, 15) is 9.59 Å². The number of hydrogen-bond acceptors (Lipinski definition) is 5. The highest BCUT2D eigenvalue weighted by Crippen LogP contribution is 2.44. The van der Waals surface area contributed by atoms with Crippen LogP contribution in [0.1, 0.15) is 60.2 Å². The van der Waals surface area contributed by atoms with Crippen molar-refractivity contribution < 1.29 is 14.3 Å². The molecule has 1 aliphatic rings. The van der Waals surface area contributed by atoms with Gasteiger partial charge in [-0.25, -0.2) is 4.79 Å². The van der Waals surface area contributed by atoms with E-state index >= 15 is 0 Å². The number of ether oxygens (including phenoxy) is 1. The smallest absolute Gasteiger partial charge is 0.339 e. The number of carbonyl (C=O) groups is 2. The maximum atomic E-state index is 12.9. The van der Waals surface area contributed by atoms with Gasteiger partial charge in [0.1, 0.15) is 10.8 Å². The predicted octanol–water partition coefficient (Wildman–Crippen LogP) is 4.14. The van der Waals surface area contributed by atoms with Gasteiger partial charge in [-0.2, -0.15) is 0 Å². The number of rotatable bonds is 4. The van der Waals surface area contributed by atoms with Gasteiger partial charge in [-0.3, -0.25) is 9.69 Å².